The Balaban J connectivity index is 1.98. The Morgan fingerprint density at radius 1 is 1.08 bits per heavy atom. The topological polar surface area (TPSA) is 46.6 Å². The predicted molar refractivity (Wildman–Crippen MR) is 97.5 cm³/mol. The van der Waals surface area contributed by atoms with Gasteiger partial charge in [-0.2, -0.15) is 4.31 Å². The van der Waals surface area contributed by atoms with Crippen LogP contribution in [-0.4, -0.2) is 30.3 Å². The van der Waals surface area contributed by atoms with Gasteiger partial charge in [0.1, 0.15) is 12.3 Å². The highest BCUT2D eigenvalue weighted by atomic mass is 79.9. The molecule has 128 valence electrons. The van der Waals surface area contributed by atoms with Crippen LogP contribution in [0.15, 0.2) is 59.5 Å². The number of hydrogen-bond acceptors (Lipinski definition) is 3. The summed E-state index contributed by atoms with van der Waals surface area (Å²) in [6.45, 7) is 3.83. The van der Waals surface area contributed by atoms with Crippen molar-refractivity contribution in [3.05, 3.63) is 65.7 Å². The molecule has 1 heterocycles. The van der Waals surface area contributed by atoms with Crippen molar-refractivity contribution in [3.8, 4) is 0 Å². The van der Waals surface area contributed by atoms with E-state index in [0.717, 1.165) is 11.1 Å². The van der Waals surface area contributed by atoms with Gasteiger partial charge in [-0.3, -0.25) is 0 Å². The molecule has 4 nitrogen and oxygen atoms in total. The first-order valence-corrected chi connectivity index (χ1v) is 10.4. The summed E-state index contributed by atoms with van der Waals surface area (Å²) in [5.41, 5.74) is 2.01. The number of benzene rings is 2. The summed E-state index contributed by atoms with van der Waals surface area (Å²) in [4.78, 5) is 0.295. The van der Waals surface area contributed by atoms with Crippen LogP contribution in [0, 0.1) is 6.92 Å². The average molecular weight is 410 g/mol. The highest BCUT2D eigenvalue weighted by Gasteiger charge is 2.46. The number of hydrogen-bond donors (Lipinski definition) is 0. The third kappa shape index (κ3) is 3.16. The molecule has 0 bridgehead atoms. The van der Waals surface area contributed by atoms with Crippen molar-refractivity contribution >= 4 is 26.0 Å². The van der Waals surface area contributed by atoms with Crippen LogP contribution in [0.3, 0.4) is 0 Å². The molecule has 0 spiro atoms. The van der Waals surface area contributed by atoms with Gasteiger partial charge < -0.3 is 4.74 Å². The van der Waals surface area contributed by atoms with Gasteiger partial charge in [-0.25, -0.2) is 8.42 Å². The standard InChI is InChI=1S/C18H20BrNO3S/c1-13-8-10-16(11-9-13)24(21,22)20-14(2)18(23-17(20)12-19)15-6-4-3-5-7-15/h3-11,14,17-18H,12H2,1-2H3. The number of ether oxygens (including phenoxy) is 1. The van der Waals surface area contributed by atoms with Crippen LogP contribution in [0.2, 0.25) is 0 Å². The molecule has 1 saturated heterocycles. The van der Waals surface area contributed by atoms with Gasteiger partial charge in [0.05, 0.1) is 10.9 Å². The zero-order chi connectivity index (χ0) is 17.3. The molecule has 2 aromatic rings. The summed E-state index contributed by atoms with van der Waals surface area (Å²) in [5, 5.41) is 0.422. The van der Waals surface area contributed by atoms with Crippen LogP contribution in [0.1, 0.15) is 24.2 Å². The lowest BCUT2D eigenvalue weighted by atomic mass is 10.0. The van der Waals surface area contributed by atoms with E-state index >= 15 is 0 Å². The Morgan fingerprint density at radius 3 is 2.29 bits per heavy atom. The third-order valence-electron chi connectivity index (χ3n) is 4.28. The van der Waals surface area contributed by atoms with Gasteiger partial charge in [0, 0.05) is 5.33 Å². The molecule has 2 aromatic carbocycles. The molecule has 0 radical (unpaired) electrons. The van der Waals surface area contributed by atoms with E-state index in [0.29, 0.717) is 10.2 Å². The fourth-order valence-corrected chi connectivity index (χ4v) is 5.41. The first kappa shape index (κ1) is 17.6. The fourth-order valence-electron chi connectivity index (χ4n) is 3.05. The quantitative estimate of drug-likeness (QED) is 0.719. The van der Waals surface area contributed by atoms with E-state index < -0.39 is 16.3 Å². The third-order valence-corrected chi connectivity index (χ3v) is 6.83. The Morgan fingerprint density at radius 2 is 1.71 bits per heavy atom. The van der Waals surface area contributed by atoms with Crippen LogP contribution in [0.5, 0.6) is 0 Å². The normalized spacial score (nSPS) is 25.0. The Hall–Kier alpha value is -1.21. The largest absolute Gasteiger partial charge is 0.352 e. The van der Waals surface area contributed by atoms with Crippen LogP contribution >= 0.6 is 15.9 Å². The summed E-state index contributed by atoms with van der Waals surface area (Å²) in [6, 6.07) is 16.4. The van der Waals surface area contributed by atoms with E-state index in [2.05, 4.69) is 15.9 Å². The molecule has 0 aromatic heterocycles. The number of sulfonamides is 1. The van der Waals surface area contributed by atoms with Gasteiger partial charge in [-0.1, -0.05) is 64.0 Å². The summed E-state index contributed by atoms with van der Waals surface area (Å²) < 4.78 is 33.8. The van der Waals surface area contributed by atoms with Crippen LogP contribution in [-0.2, 0) is 14.8 Å². The second-order valence-corrected chi connectivity index (χ2v) is 8.46. The zero-order valence-corrected chi connectivity index (χ0v) is 16.0. The highest BCUT2D eigenvalue weighted by Crippen LogP contribution is 2.39. The van der Waals surface area contributed by atoms with E-state index in [-0.39, 0.29) is 12.1 Å². The molecule has 1 aliphatic rings. The lowest BCUT2D eigenvalue weighted by Crippen LogP contribution is -2.41. The molecular formula is C18H20BrNO3S. The summed E-state index contributed by atoms with van der Waals surface area (Å²) >= 11 is 3.39. The lowest BCUT2D eigenvalue weighted by molar-refractivity contribution is 0.0371. The summed E-state index contributed by atoms with van der Waals surface area (Å²) in [5.74, 6) is 0. The number of nitrogens with zero attached hydrogens (tertiary/aromatic N) is 1. The van der Waals surface area contributed by atoms with E-state index in [1.807, 2.05) is 56.3 Å². The highest BCUT2D eigenvalue weighted by molar-refractivity contribution is 9.09. The molecule has 0 aliphatic carbocycles. The van der Waals surface area contributed by atoms with Crippen molar-refractivity contribution in [2.45, 2.75) is 37.1 Å². The molecule has 0 N–H and O–H groups in total. The first-order chi connectivity index (χ1) is 11.4. The second kappa shape index (κ2) is 6.96. The van der Waals surface area contributed by atoms with Gasteiger partial charge in [0.15, 0.2) is 0 Å². The number of rotatable bonds is 4. The van der Waals surface area contributed by atoms with Crippen LogP contribution in [0.4, 0.5) is 0 Å². The molecule has 24 heavy (non-hydrogen) atoms. The summed E-state index contributed by atoms with van der Waals surface area (Å²) in [6.07, 6.45) is -0.814. The number of aryl methyl sites for hydroxylation is 1. The van der Waals surface area contributed by atoms with Crippen molar-refractivity contribution in [2.24, 2.45) is 0 Å². The molecule has 3 atom stereocenters. The molecular weight excluding hydrogens is 390 g/mol. The van der Waals surface area contributed by atoms with Crippen molar-refractivity contribution in [1.82, 2.24) is 4.31 Å². The smallest absolute Gasteiger partial charge is 0.245 e. The zero-order valence-electron chi connectivity index (χ0n) is 13.6. The van der Waals surface area contributed by atoms with Crippen molar-refractivity contribution < 1.29 is 13.2 Å². The molecule has 0 amide bonds. The van der Waals surface area contributed by atoms with Crippen LogP contribution in [0.25, 0.3) is 0 Å². The van der Waals surface area contributed by atoms with E-state index in [1.54, 1.807) is 12.1 Å². The molecule has 1 fully saturated rings. The van der Waals surface area contributed by atoms with Gasteiger partial charge in [-0.15, -0.1) is 0 Å². The van der Waals surface area contributed by atoms with Crippen molar-refractivity contribution in [3.63, 3.8) is 0 Å². The van der Waals surface area contributed by atoms with E-state index in [9.17, 15) is 8.42 Å². The number of alkyl halides is 1. The second-order valence-electron chi connectivity index (χ2n) is 5.96. The number of halogens is 1. The minimum atomic E-state index is -3.63. The SMILES string of the molecule is Cc1ccc(S(=O)(=O)N2C(CBr)OC(c3ccccc3)C2C)cc1. The minimum Gasteiger partial charge on any atom is -0.352 e. The van der Waals surface area contributed by atoms with E-state index in [1.165, 1.54) is 4.31 Å². The lowest BCUT2D eigenvalue weighted by Gasteiger charge is -2.25. The molecule has 3 unspecified atom stereocenters. The molecule has 0 saturated carbocycles. The van der Waals surface area contributed by atoms with Gasteiger partial charge in [0.25, 0.3) is 0 Å². The molecule has 1 aliphatic heterocycles. The Kier molecular flexibility index (Phi) is 5.11. The van der Waals surface area contributed by atoms with Gasteiger partial charge in [0.2, 0.25) is 10.0 Å². The van der Waals surface area contributed by atoms with E-state index in [4.69, 9.17) is 4.74 Å². The maximum absolute atomic E-state index is 13.1. The van der Waals surface area contributed by atoms with Crippen LogP contribution < -0.4 is 0 Å². The van der Waals surface area contributed by atoms with Crippen molar-refractivity contribution in [2.75, 3.05) is 5.33 Å². The van der Waals surface area contributed by atoms with Gasteiger partial charge in [-0.05, 0) is 31.5 Å². The van der Waals surface area contributed by atoms with Gasteiger partial charge >= 0.3 is 0 Å². The van der Waals surface area contributed by atoms with Crippen molar-refractivity contribution in [1.29, 1.82) is 0 Å². The summed E-state index contributed by atoms with van der Waals surface area (Å²) in [7, 11) is -3.63. The Bertz CT molecular complexity index is 793. The Labute approximate surface area is 151 Å². The minimum absolute atomic E-state index is 0.283. The maximum Gasteiger partial charge on any atom is 0.245 e. The average Bonchev–Trinajstić information content (AvgIpc) is 2.93. The molecule has 6 heteroatoms. The monoisotopic (exact) mass is 409 g/mol. The predicted octanol–water partition coefficient (Wildman–Crippen LogP) is 3.87. The molecule has 3 rings (SSSR count). The first-order valence-electron chi connectivity index (χ1n) is 7.81. The maximum atomic E-state index is 13.1. The fraction of sp³-hybridized carbons (Fsp3) is 0.333.